The van der Waals surface area contributed by atoms with Crippen molar-refractivity contribution in [2.24, 2.45) is 7.05 Å². The smallest absolute Gasteiger partial charge is 0.253 e. The summed E-state index contributed by atoms with van der Waals surface area (Å²) in [5, 5.41) is 13.5. The van der Waals surface area contributed by atoms with Gasteiger partial charge in [-0.25, -0.2) is 0 Å². The molecule has 2 amide bonds. The maximum absolute atomic E-state index is 12.5. The quantitative estimate of drug-likeness (QED) is 0.469. The topological polar surface area (TPSA) is 74.6 Å². The van der Waals surface area contributed by atoms with Crippen molar-refractivity contribution in [3.05, 3.63) is 30.0 Å². The molecule has 0 bridgehead atoms. The number of hydrogen-bond acceptors (Lipinski definition) is 3. The van der Waals surface area contributed by atoms with E-state index >= 15 is 0 Å². The van der Waals surface area contributed by atoms with Crippen LogP contribution in [0.5, 0.6) is 5.75 Å². The van der Waals surface area contributed by atoms with Crippen LogP contribution in [-0.4, -0.2) is 46.5 Å². The lowest BCUT2D eigenvalue weighted by Gasteiger charge is -2.16. The maximum atomic E-state index is 12.5. The minimum atomic E-state index is -0.100. The Labute approximate surface area is 180 Å². The number of phenolic OH excluding ortho intramolecular Hbond substituents is 1. The first-order valence-electron chi connectivity index (χ1n) is 11.2. The van der Waals surface area contributed by atoms with Crippen LogP contribution in [0, 0.1) is 0 Å². The predicted molar refractivity (Wildman–Crippen MR) is 122 cm³/mol. The number of hydrogen-bond donors (Lipinski definition) is 2. The third-order valence-corrected chi connectivity index (χ3v) is 5.59. The Morgan fingerprint density at radius 3 is 2.50 bits per heavy atom. The Morgan fingerprint density at radius 1 is 1.07 bits per heavy atom. The molecule has 2 aromatic rings. The van der Waals surface area contributed by atoms with Gasteiger partial charge in [0.2, 0.25) is 5.91 Å². The number of carbonyl (C=O) groups excluding carboxylic acids is 2. The molecule has 0 spiro atoms. The lowest BCUT2D eigenvalue weighted by Crippen LogP contribution is -2.27. The number of rotatable bonds is 13. The Hall–Kier alpha value is -2.50. The Morgan fingerprint density at radius 2 is 1.77 bits per heavy atom. The number of aromatic nitrogens is 1. The standard InChI is InChI=1S/C24H37N3O3/c1-4-5-16-26(2)23(29)12-10-8-6-7-9-11-15-25-24(30)21-18-27(3)22-14-13-19(28)17-20(21)22/h13-14,17-18,28H,4-12,15-16H2,1-3H3,(H,25,30). The van der Waals surface area contributed by atoms with Gasteiger partial charge in [0.1, 0.15) is 5.75 Å². The fourth-order valence-electron chi connectivity index (χ4n) is 3.68. The highest BCUT2D eigenvalue weighted by atomic mass is 16.3. The Kier molecular flexibility index (Phi) is 9.71. The number of aryl methyl sites for hydroxylation is 1. The minimum Gasteiger partial charge on any atom is -0.508 e. The summed E-state index contributed by atoms with van der Waals surface area (Å²) >= 11 is 0. The van der Waals surface area contributed by atoms with Crippen molar-refractivity contribution < 1.29 is 14.7 Å². The molecule has 0 saturated heterocycles. The highest BCUT2D eigenvalue weighted by Gasteiger charge is 2.14. The van der Waals surface area contributed by atoms with Gasteiger partial charge in [0.05, 0.1) is 5.56 Å². The van der Waals surface area contributed by atoms with Gasteiger partial charge < -0.3 is 19.9 Å². The van der Waals surface area contributed by atoms with Gasteiger partial charge >= 0.3 is 0 Å². The number of unbranched alkanes of at least 4 members (excludes halogenated alkanes) is 6. The summed E-state index contributed by atoms with van der Waals surface area (Å²) in [7, 11) is 3.79. The highest BCUT2D eigenvalue weighted by Crippen LogP contribution is 2.24. The summed E-state index contributed by atoms with van der Waals surface area (Å²) < 4.78 is 1.90. The van der Waals surface area contributed by atoms with Crippen molar-refractivity contribution in [3.8, 4) is 5.75 Å². The molecular formula is C24H37N3O3. The molecule has 0 atom stereocenters. The fourth-order valence-corrected chi connectivity index (χ4v) is 3.68. The predicted octanol–water partition coefficient (Wildman–Crippen LogP) is 4.60. The SMILES string of the molecule is CCCCN(C)C(=O)CCCCCCCCNC(=O)c1cn(C)c2ccc(O)cc12. The minimum absolute atomic E-state index is 0.100. The Bertz CT molecular complexity index is 828. The molecule has 30 heavy (non-hydrogen) atoms. The lowest BCUT2D eigenvalue weighted by molar-refractivity contribution is -0.130. The van der Waals surface area contributed by atoms with Crippen LogP contribution in [0.2, 0.25) is 0 Å². The lowest BCUT2D eigenvalue weighted by atomic mass is 10.1. The average Bonchev–Trinajstić information content (AvgIpc) is 3.06. The van der Waals surface area contributed by atoms with E-state index in [1.807, 2.05) is 29.6 Å². The molecule has 0 saturated carbocycles. The third-order valence-electron chi connectivity index (χ3n) is 5.59. The molecule has 166 valence electrons. The second-order valence-electron chi connectivity index (χ2n) is 8.15. The molecule has 1 aromatic carbocycles. The van der Waals surface area contributed by atoms with Crippen LogP contribution in [0.3, 0.4) is 0 Å². The van der Waals surface area contributed by atoms with Crippen LogP contribution >= 0.6 is 0 Å². The fraction of sp³-hybridized carbons (Fsp3) is 0.583. The molecule has 0 aliphatic rings. The number of nitrogens with one attached hydrogen (secondary N) is 1. The van der Waals surface area contributed by atoms with E-state index in [2.05, 4.69) is 12.2 Å². The largest absolute Gasteiger partial charge is 0.508 e. The molecule has 0 unspecified atom stereocenters. The number of aromatic hydroxyl groups is 1. The molecule has 2 N–H and O–H groups in total. The Balaban J connectivity index is 1.58. The van der Waals surface area contributed by atoms with Gasteiger partial charge in [-0.3, -0.25) is 9.59 Å². The van der Waals surface area contributed by atoms with E-state index in [-0.39, 0.29) is 17.6 Å². The van der Waals surface area contributed by atoms with Crippen molar-refractivity contribution in [2.75, 3.05) is 20.1 Å². The molecule has 6 nitrogen and oxygen atoms in total. The maximum Gasteiger partial charge on any atom is 0.253 e. The number of nitrogens with zero attached hydrogens (tertiary/aromatic N) is 2. The zero-order chi connectivity index (χ0) is 21.9. The van der Waals surface area contributed by atoms with Gasteiger partial charge in [0, 0.05) is 50.7 Å². The number of amides is 2. The van der Waals surface area contributed by atoms with Crippen molar-refractivity contribution in [1.29, 1.82) is 0 Å². The molecule has 1 aromatic heterocycles. The van der Waals surface area contributed by atoms with E-state index in [1.54, 1.807) is 18.3 Å². The summed E-state index contributed by atoms with van der Waals surface area (Å²) in [6.45, 7) is 3.65. The van der Waals surface area contributed by atoms with Crippen LogP contribution in [0.4, 0.5) is 0 Å². The van der Waals surface area contributed by atoms with Crippen LogP contribution in [-0.2, 0) is 11.8 Å². The van der Waals surface area contributed by atoms with Gasteiger partial charge in [-0.05, 0) is 37.5 Å². The zero-order valence-corrected chi connectivity index (χ0v) is 18.7. The second kappa shape index (κ2) is 12.3. The average molecular weight is 416 g/mol. The molecule has 1 heterocycles. The van der Waals surface area contributed by atoms with E-state index in [9.17, 15) is 14.7 Å². The summed E-state index contributed by atoms with van der Waals surface area (Å²) in [5.74, 6) is 0.321. The van der Waals surface area contributed by atoms with Crippen LogP contribution in [0.1, 0.15) is 75.1 Å². The van der Waals surface area contributed by atoms with Gasteiger partial charge in [0.15, 0.2) is 0 Å². The number of carbonyl (C=O) groups is 2. The summed E-state index contributed by atoms with van der Waals surface area (Å²) in [5.41, 5.74) is 1.52. The number of fused-ring (bicyclic) bond motifs is 1. The monoisotopic (exact) mass is 415 g/mol. The third kappa shape index (κ3) is 7.08. The summed E-state index contributed by atoms with van der Waals surface area (Å²) in [6.07, 6.45) is 10.9. The first-order chi connectivity index (χ1) is 14.4. The van der Waals surface area contributed by atoms with Crippen LogP contribution in [0.25, 0.3) is 10.9 Å². The van der Waals surface area contributed by atoms with Crippen molar-refractivity contribution in [3.63, 3.8) is 0 Å². The van der Waals surface area contributed by atoms with Crippen molar-refractivity contribution in [2.45, 2.75) is 64.7 Å². The molecule has 0 aliphatic carbocycles. The number of phenols is 1. The van der Waals surface area contributed by atoms with Gasteiger partial charge in [-0.2, -0.15) is 0 Å². The summed E-state index contributed by atoms with van der Waals surface area (Å²) in [6, 6.07) is 5.08. The van der Waals surface area contributed by atoms with Gasteiger partial charge in [-0.1, -0.05) is 39.0 Å². The van der Waals surface area contributed by atoms with Crippen molar-refractivity contribution >= 4 is 22.7 Å². The van der Waals surface area contributed by atoms with Gasteiger partial charge in [0.25, 0.3) is 5.91 Å². The molecule has 2 rings (SSSR count). The summed E-state index contributed by atoms with van der Waals surface area (Å²) in [4.78, 5) is 26.3. The first-order valence-corrected chi connectivity index (χ1v) is 11.2. The first kappa shape index (κ1) is 23.8. The molecule has 0 radical (unpaired) electrons. The normalized spacial score (nSPS) is 11.0. The van der Waals surface area contributed by atoms with Crippen LogP contribution in [0.15, 0.2) is 24.4 Å². The van der Waals surface area contributed by atoms with Crippen molar-refractivity contribution in [1.82, 2.24) is 14.8 Å². The van der Waals surface area contributed by atoms with E-state index < -0.39 is 0 Å². The number of benzene rings is 1. The second-order valence-corrected chi connectivity index (χ2v) is 8.15. The molecule has 6 heteroatoms. The molecule has 0 aliphatic heterocycles. The van der Waals surface area contributed by atoms with E-state index in [1.165, 1.54) is 0 Å². The van der Waals surface area contributed by atoms with Crippen LogP contribution < -0.4 is 5.32 Å². The molecular weight excluding hydrogens is 378 g/mol. The highest BCUT2D eigenvalue weighted by molar-refractivity contribution is 6.07. The van der Waals surface area contributed by atoms with E-state index in [4.69, 9.17) is 0 Å². The van der Waals surface area contributed by atoms with E-state index in [0.717, 1.165) is 68.8 Å². The van der Waals surface area contributed by atoms with E-state index in [0.29, 0.717) is 18.5 Å². The van der Waals surface area contributed by atoms with Gasteiger partial charge in [-0.15, -0.1) is 0 Å². The zero-order valence-electron chi connectivity index (χ0n) is 18.7. The molecule has 0 fully saturated rings.